The van der Waals surface area contributed by atoms with Crippen molar-refractivity contribution < 1.29 is 4.79 Å². The first-order valence-corrected chi connectivity index (χ1v) is 8.04. The lowest BCUT2D eigenvalue weighted by Gasteiger charge is -2.19. The van der Waals surface area contributed by atoms with Gasteiger partial charge in [0.2, 0.25) is 0 Å². The van der Waals surface area contributed by atoms with Gasteiger partial charge >= 0.3 is 0 Å². The standard InChI is InChI=1S/C13H18BrNOS/c1-8(2)10(7-14)15-13(16)12-6-9-4-3-5-11(9)17-12/h6,8,10H,3-5,7H2,1-2H3,(H,15,16). The summed E-state index contributed by atoms with van der Waals surface area (Å²) in [4.78, 5) is 14.4. The fourth-order valence-corrected chi connectivity index (χ4v) is 4.13. The molecule has 1 atom stereocenters. The number of nitrogens with one attached hydrogen (secondary N) is 1. The third-order valence-corrected chi connectivity index (χ3v) is 5.19. The van der Waals surface area contributed by atoms with Crippen LogP contribution in [-0.2, 0) is 12.8 Å². The van der Waals surface area contributed by atoms with Crippen LogP contribution in [0.3, 0.4) is 0 Å². The number of hydrogen-bond donors (Lipinski definition) is 1. The SMILES string of the molecule is CC(C)C(CBr)NC(=O)c1cc2c(s1)CCC2. The summed E-state index contributed by atoms with van der Waals surface area (Å²) in [6.07, 6.45) is 3.55. The lowest BCUT2D eigenvalue weighted by atomic mass is 10.1. The van der Waals surface area contributed by atoms with Gasteiger partial charge in [0.05, 0.1) is 4.88 Å². The number of thiophene rings is 1. The van der Waals surface area contributed by atoms with Gasteiger partial charge in [-0.2, -0.15) is 0 Å². The monoisotopic (exact) mass is 315 g/mol. The Labute approximate surface area is 115 Å². The Kier molecular flexibility index (Phi) is 4.26. The second kappa shape index (κ2) is 5.53. The van der Waals surface area contributed by atoms with E-state index in [1.54, 1.807) is 11.3 Å². The minimum atomic E-state index is 0.0857. The van der Waals surface area contributed by atoms with Crippen molar-refractivity contribution in [3.8, 4) is 0 Å². The Morgan fingerprint density at radius 3 is 2.88 bits per heavy atom. The summed E-state index contributed by atoms with van der Waals surface area (Å²) in [6.45, 7) is 4.25. The van der Waals surface area contributed by atoms with Crippen LogP contribution in [0.25, 0.3) is 0 Å². The van der Waals surface area contributed by atoms with Crippen LogP contribution in [0.4, 0.5) is 0 Å². The predicted molar refractivity (Wildman–Crippen MR) is 76.2 cm³/mol. The molecule has 1 aromatic heterocycles. The molecule has 1 unspecified atom stereocenters. The van der Waals surface area contributed by atoms with Crippen molar-refractivity contribution in [2.24, 2.45) is 5.92 Å². The predicted octanol–water partition coefficient (Wildman–Crippen LogP) is 3.39. The third-order valence-electron chi connectivity index (χ3n) is 3.26. The molecular weight excluding hydrogens is 298 g/mol. The normalized spacial score (nSPS) is 16.0. The molecule has 0 saturated heterocycles. The summed E-state index contributed by atoms with van der Waals surface area (Å²) in [5, 5.41) is 3.90. The molecule has 2 nitrogen and oxygen atoms in total. The van der Waals surface area contributed by atoms with Gasteiger partial charge in [0.25, 0.3) is 5.91 Å². The first kappa shape index (κ1) is 13.1. The molecule has 0 spiro atoms. The van der Waals surface area contributed by atoms with Crippen molar-refractivity contribution in [2.45, 2.75) is 39.2 Å². The van der Waals surface area contributed by atoms with Gasteiger partial charge in [0.1, 0.15) is 0 Å². The molecule has 0 radical (unpaired) electrons. The van der Waals surface area contributed by atoms with E-state index in [4.69, 9.17) is 0 Å². The molecule has 1 amide bonds. The molecular formula is C13H18BrNOS. The molecule has 1 heterocycles. The maximum absolute atomic E-state index is 12.1. The smallest absolute Gasteiger partial charge is 0.261 e. The third kappa shape index (κ3) is 2.91. The molecule has 1 aromatic rings. The van der Waals surface area contributed by atoms with Gasteiger partial charge in [0.15, 0.2) is 0 Å². The molecule has 17 heavy (non-hydrogen) atoms. The molecule has 0 fully saturated rings. The number of amides is 1. The van der Waals surface area contributed by atoms with Crippen molar-refractivity contribution in [3.63, 3.8) is 0 Å². The Morgan fingerprint density at radius 1 is 1.53 bits per heavy atom. The molecule has 0 aliphatic heterocycles. The lowest BCUT2D eigenvalue weighted by Crippen LogP contribution is -2.39. The van der Waals surface area contributed by atoms with Crippen LogP contribution in [0.1, 0.15) is 40.4 Å². The van der Waals surface area contributed by atoms with Crippen molar-refractivity contribution in [2.75, 3.05) is 5.33 Å². The van der Waals surface area contributed by atoms with E-state index in [1.165, 1.54) is 16.9 Å². The summed E-state index contributed by atoms with van der Waals surface area (Å²) in [5.41, 5.74) is 1.39. The molecule has 2 rings (SSSR count). The van der Waals surface area contributed by atoms with E-state index in [0.717, 1.165) is 23.0 Å². The largest absolute Gasteiger partial charge is 0.348 e. The first-order chi connectivity index (χ1) is 8.11. The van der Waals surface area contributed by atoms with Gasteiger partial charge in [-0.05, 0) is 36.8 Å². The first-order valence-electron chi connectivity index (χ1n) is 6.10. The fourth-order valence-electron chi connectivity index (χ4n) is 2.06. The van der Waals surface area contributed by atoms with E-state index in [-0.39, 0.29) is 11.9 Å². The van der Waals surface area contributed by atoms with Gasteiger partial charge in [0, 0.05) is 16.2 Å². The van der Waals surface area contributed by atoms with Gasteiger partial charge in [-0.3, -0.25) is 4.79 Å². The Balaban J connectivity index is 2.04. The Hall–Kier alpha value is -0.350. The van der Waals surface area contributed by atoms with Gasteiger partial charge in [-0.15, -0.1) is 11.3 Å². The lowest BCUT2D eigenvalue weighted by molar-refractivity contribution is 0.0936. The second-order valence-electron chi connectivity index (χ2n) is 4.89. The number of halogens is 1. The highest BCUT2D eigenvalue weighted by Crippen LogP contribution is 2.30. The number of fused-ring (bicyclic) bond motifs is 1. The van der Waals surface area contributed by atoms with E-state index in [9.17, 15) is 4.79 Å². The van der Waals surface area contributed by atoms with Crippen LogP contribution < -0.4 is 5.32 Å². The van der Waals surface area contributed by atoms with E-state index >= 15 is 0 Å². The molecule has 4 heteroatoms. The highest BCUT2D eigenvalue weighted by molar-refractivity contribution is 9.09. The maximum atomic E-state index is 12.1. The van der Waals surface area contributed by atoms with Crippen LogP contribution in [-0.4, -0.2) is 17.3 Å². The highest BCUT2D eigenvalue weighted by Gasteiger charge is 2.21. The number of carbonyl (C=O) groups excluding carboxylic acids is 1. The zero-order valence-electron chi connectivity index (χ0n) is 10.3. The van der Waals surface area contributed by atoms with E-state index in [0.29, 0.717) is 5.92 Å². The van der Waals surface area contributed by atoms with Gasteiger partial charge in [-0.1, -0.05) is 29.8 Å². The minimum Gasteiger partial charge on any atom is -0.348 e. The maximum Gasteiger partial charge on any atom is 0.261 e. The van der Waals surface area contributed by atoms with Gasteiger partial charge < -0.3 is 5.32 Å². The zero-order valence-corrected chi connectivity index (χ0v) is 12.7. The van der Waals surface area contributed by atoms with Crippen LogP contribution in [0, 0.1) is 5.92 Å². The summed E-state index contributed by atoms with van der Waals surface area (Å²) >= 11 is 5.12. The molecule has 1 aliphatic rings. The van der Waals surface area contributed by atoms with Crippen LogP contribution in [0.2, 0.25) is 0 Å². The quantitative estimate of drug-likeness (QED) is 0.848. The summed E-state index contributed by atoms with van der Waals surface area (Å²) in [6, 6.07) is 2.29. The molecule has 1 aliphatic carbocycles. The Morgan fingerprint density at radius 2 is 2.29 bits per heavy atom. The highest BCUT2D eigenvalue weighted by atomic mass is 79.9. The number of alkyl halides is 1. The number of carbonyl (C=O) groups is 1. The van der Waals surface area contributed by atoms with Crippen LogP contribution >= 0.6 is 27.3 Å². The number of rotatable bonds is 4. The summed E-state index contributed by atoms with van der Waals surface area (Å²) in [5.74, 6) is 0.535. The van der Waals surface area contributed by atoms with E-state index in [1.807, 2.05) is 0 Å². The zero-order chi connectivity index (χ0) is 12.4. The topological polar surface area (TPSA) is 29.1 Å². The summed E-state index contributed by atoms with van der Waals surface area (Å²) < 4.78 is 0. The number of hydrogen-bond acceptors (Lipinski definition) is 2. The average Bonchev–Trinajstić information content (AvgIpc) is 2.84. The molecule has 0 bridgehead atoms. The average molecular weight is 316 g/mol. The molecule has 0 saturated carbocycles. The number of aryl methyl sites for hydroxylation is 2. The van der Waals surface area contributed by atoms with Crippen molar-refractivity contribution in [1.29, 1.82) is 0 Å². The van der Waals surface area contributed by atoms with Crippen LogP contribution in [0.5, 0.6) is 0 Å². The van der Waals surface area contributed by atoms with Gasteiger partial charge in [-0.25, -0.2) is 0 Å². The van der Waals surface area contributed by atoms with Crippen molar-refractivity contribution in [1.82, 2.24) is 5.32 Å². The fraction of sp³-hybridized carbons (Fsp3) is 0.615. The Bertz CT molecular complexity index is 392. The van der Waals surface area contributed by atoms with Crippen LogP contribution in [0.15, 0.2) is 6.07 Å². The molecule has 94 valence electrons. The van der Waals surface area contributed by atoms with Crippen molar-refractivity contribution in [3.05, 3.63) is 21.4 Å². The minimum absolute atomic E-state index is 0.0857. The molecule has 0 aromatic carbocycles. The van der Waals surface area contributed by atoms with Crippen molar-refractivity contribution >= 4 is 33.2 Å². The second-order valence-corrected chi connectivity index (χ2v) is 6.68. The molecule has 1 N–H and O–H groups in total. The van der Waals surface area contributed by atoms with E-state index in [2.05, 4.69) is 41.2 Å². The summed E-state index contributed by atoms with van der Waals surface area (Å²) in [7, 11) is 0. The van der Waals surface area contributed by atoms with E-state index < -0.39 is 0 Å².